The molecule has 1 heterocycles. The molecule has 0 radical (unpaired) electrons. The zero-order valence-electron chi connectivity index (χ0n) is 19.2. The van der Waals surface area contributed by atoms with Crippen molar-refractivity contribution >= 4 is 23.4 Å². The van der Waals surface area contributed by atoms with E-state index in [0.717, 1.165) is 30.7 Å². The van der Waals surface area contributed by atoms with Crippen LogP contribution in [-0.4, -0.2) is 62.4 Å². The van der Waals surface area contributed by atoms with Crippen molar-refractivity contribution in [2.75, 3.05) is 44.0 Å². The Kier molecular flexibility index (Phi) is 8.34. The first-order valence-electron chi connectivity index (χ1n) is 10.6. The zero-order valence-corrected chi connectivity index (χ0v) is 19.2. The molecule has 0 saturated carbocycles. The quantitative estimate of drug-likeness (QED) is 0.632. The van der Waals surface area contributed by atoms with E-state index in [0.29, 0.717) is 25.3 Å². The van der Waals surface area contributed by atoms with Crippen LogP contribution in [0.15, 0.2) is 18.2 Å². The minimum atomic E-state index is -0.335. The fourth-order valence-corrected chi connectivity index (χ4v) is 3.42. The first-order valence-corrected chi connectivity index (χ1v) is 10.6. The van der Waals surface area contributed by atoms with Gasteiger partial charge in [-0.3, -0.25) is 0 Å². The molecule has 30 heavy (non-hydrogen) atoms. The third-order valence-corrected chi connectivity index (χ3v) is 4.73. The molecule has 1 aliphatic heterocycles. The average Bonchev–Trinajstić information content (AvgIpc) is 3.13. The number of carbonyl (C=O) groups excluding carboxylic acids is 2. The molecule has 0 unspecified atom stereocenters. The minimum Gasteiger partial charge on any atom is -0.377 e. The Morgan fingerprint density at radius 1 is 1.23 bits per heavy atom. The van der Waals surface area contributed by atoms with Gasteiger partial charge in [0.1, 0.15) is 0 Å². The molecule has 1 atom stereocenters. The van der Waals surface area contributed by atoms with Crippen molar-refractivity contribution in [3.05, 3.63) is 23.8 Å². The van der Waals surface area contributed by atoms with Crippen LogP contribution in [0, 0.1) is 0 Å². The maximum Gasteiger partial charge on any atom is 0.319 e. The summed E-state index contributed by atoms with van der Waals surface area (Å²) < 4.78 is 5.79. The van der Waals surface area contributed by atoms with Crippen molar-refractivity contribution in [1.29, 1.82) is 0 Å². The summed E-state index contributed by atoms with van der Waals surface area (Å²) in [5.41, 5.74) is 2.31. The number of hydrogen-bond acceptors (Lipinski definition) is 4. The number of amides is 4. The van der Waals surface area contributed by atoms with E-state index in [2.05, 4.69) is 16.0 Å². The molecule has 1 aliphatic rings. The lowest BCUT2D eigenvalue weighted by Crippen LogP contribution is -2.50. The average molecular weight is 420 g/mol. The summed E-state index contributed by atoms with van der Waals surface area (Å²) in [5, 5.41) is 8.65. The van der Waals surface area contributed by atoms with Gasteiger partial charge in [-0.1, -0.05) is 0 Å². The zero-order chi connectivity index (χ0) is 22.3. The molecular weight excluding hydrogens is 382 g/mol. The van der Waals surface area contributed by atoms with Crippen molar-refractivity contribution in [1.82, 2.24) is 15.5 Å². The number of benzene rings is 1. The van der Waals surface area contributed by atoms with Crippen LogP contribution in [0.5, 0.6) is 0 Å². The second-order valence-electron chi connectivity index (χ2n) is 8.92. The lowest BCUT2D eigenvalue weighted by atomic mass is 10.1. The Bertz CT molecular complexity index is 724. The molecule has 0 aromatic heterocycles. The SMILES string of the molecule is CCNC(=O)Nc1ccc(N(C)C)c(CN(C[C@@H]2CCCO2)C(=O)NC(C)(C)C)c1. The fraction of sp³-hybridized carbons (Fsp3) is 0.636. The Morgan fingerprint density at radius 2 is 1.97 bits per heavy atom. The summed E-state index contributed by atoms with van der Waals surface area (Å²) in [6, 6.07) is 5.39. The molecule has 8 heteroatoms. The highest BCUT2D eigenvalue weighted by molar-refractivity contribution is 5.89. The van der Waals surface area contributed by atoms with Gasteiger partial charge in [-0.2, -0.15) is 0 Å². The fourth-order valence-electron chi connectivity index (χ4n) is 3.42. The second kappa shape index (κ2) is 10.5. The van der Waals surface area contributed by atoms with Crippen molar-refractivity contribution in [2.24, 2.45) is 0 Å². The van der Waals surface area contributed by atoms with Crippen LogP contribution in [0.2, 0.25) is 0 Å². The van der Waals surface area contributed by atoms with Gasteiger partial charge in [0.15, 0.2) is 0 Å². The monoisotopic (exact) mass is 419 g/mol. The van der Waals surface area contributed by atoms with Gasteiger partial charge in [-0.05, 0) is 64.3 Å². The first-order chi connectivity index (χ1) is 14.1. The van der Waals surface area contributed by atoms with E-state index in [1.807, 2.05) is 64.9 Å². The number of rotatable bonds is 7. The van der Waals surface area contributed by atoms with Crippen LogP contribution in [0.4, 0.5) is 21.0 Å². The molecule has 8 nitrogen and oxygen atoms in total. The van der Waals surface area contributed by atoms with Crippen molar-refractivity contribution in [2.45, 2.75) is 58.7 Å². The first kappa shape index (κ1) is 23.8. The molecule has 1 fully saturated rings. The van der Waals surface area contributed by atoms with Crippen LogP contribution in [0.25, 0.3) is 0 Å². The van der Waals surface area contributed by atoms with E-state index in [4.69, 9.17) is 4.74 Å². The molecule has 3 N–H and O–H groups in total. The summed E-state index contributed by atoms with van der Waals surface area (Å²) in [6.07, 6.45) is 2.03. The Hall–Kier alpha value is -2.48. The molecule has 168 valence electrons. The topological polar surface area (TPSA) is 85.9 Å². The molecular formula is C22H37N5O3. The van der Waals surface area contributed by atoms with Crippen molar-refractivity contribution < 1.29 is 14.3 Å². The third kappa shape index (κ3) is 7.40. The Labute approximate surface area is 180 Å². The van der Waals surface area contributed by atoms with Gasteiger partial charge >= 0.3 is 12.1 Å². The van der Waals surface area contributed by atoms with Crippen LogP contribution >= 0.6 is 0 Å². The van der Waals surface area contributed by atoms with Gasteiger partial charge < -0.3 is 30.5 Å². The highest BCUT2D eigenvalue weighted by Crippen LogP contribution is 2.25. The number of hydrogen-bond donors (Lipinski definition) is 3. The molecule has 4 amide bonds. The summed E-state index contributed by atoms with van der Waals surface area (Å²) >= 11 is 0. The second-order valence-corrected chi connectivity index (χ2v) is 8.92. The molecule has 2 rings (SSSR count). The summed E-state index contributed by atoms with van der Waals surface area (Å²) in [7, 11) is 3.94. The molecule has 0 bridgehead atoms. The van der Waals surface area contributed by atoms with Crippen molar-refractivity contribution in [3.8, 4) is 0 Å². The predicted octanol–water partition coefficient (Wildman–Crippen LogP) is 3.38. The van der Waals surface area contributed by atoms with Gasteiger partial charge in [-0.15, -0.1) is 0 Å². The minimum absolute atomic E-state index is 0.0511. The van der Waals surface area contributed by atoms with Crippen LogP contribution < -0.4 is 20.9 Å². The predicted molar refractivity (Wildman–Crippen MR) is 121 cm³/mol. The van der Waals surface area contributed by atoms with Crippen molar-refractivity contribution in [3.63, 3.8) is 0 Å². The molecule has 0 spiro atoms. The standard InChI is InChI=1S/C22H37N5O3/c1-7-23-20(28)24-17-10-11-19(26(5)6)16(13-17)14-27(15-18-9-8-12-30-18)21(29)25-22(2,3)4/h10-11,13,18H,7-9,12,14-15H2,1-6H3,(H,25,29)(H2,23,24,28)/t18-/m0/s1. The highest BCUT2D eigenvalue weighted by atomic mass is 16.5. The van der Waals surface area contributed by atoms with Gasteiger partial charge in [0.2, 0.25) is 0 Å². The number of carbonyl (C=O) groups is 2. The van der Waals surface area contributed by atoms with Gasteiger partial charge in [0, 0.05) is 57.3 Å². The van der Waals surface area contributed by atoms with Crippen LogP contribution in [-0.2, 0) is 11.3 Å². The molecule has 1 aromatic carbocycles. The molecule has 1 saturated heterocycles. The van der Waals surface area contributed by atoms with Gasteiger partial charge in [0.25, 0.3) is 0 Å². The molecule has 0 aliphatic carbocycles. The van der Waals surface area contributed by atoms with Crippen LogP contribution in [0.3, 0.4) is 0 Å². The number of urea groups is 2. The number of nitrogens with one attached hydrogen (secondary N) is 3. The Balaban J connectivity index is 2.27. The van der Waals surface area contributed by atoms with Crippen LogP contribution in [0.1, 0.15) is 46.1 Å². The van der Waals surface area contributed by atoms with E-state index < -0.39 is 0 Å². The van der Waals surface area contributed by atoms with E-state index >= 15 is 0 Å². The normalized spacial score (nSPS) is 16.1. The third-order valence-electron chi connectivity index (χ3n) is 4.73. The largest absolute Gasteiger partial charge is 0.377 e. The number of nitrogens with zero attached hydrogens (tertiary/aromatic N) is 2. The molecule has 1 aromatic rings. The number of anilines is 2. The maximum absolute atomic E-state index is 13.0. The lowest BCUT2D eigenvalue weighted by molar-refractivity contribution is 0.0782. The van der Waals surface area contributed by atoms with E-state index in [1.54, 1.807) is 4.90 Å². The summed E-state index contributed by atoms with van der Waals surface area (Å²) in [5.74, 6) is 0. The van der Waals surface area contributed by atoms with Gasteiger partial charge in [-0.25, -0.2) is 9.59 Å². The Morgan fingerprint density at radius 3 is 2.53 bits per heavy atom. The highest BCUT2D eigenvalue weighted by Gasteiger charge is 2.26. The van der Waals surface area contributed by atoms with Gasteiger partial charge in [0.05, 0.1) is 6.10 Å². The summed E-state index contributed by atoms with van der Waals surface area (Å²) in [4.78, 5) is 28.8. The summed E-state index contributed by atoms with van der Waals surface area (Å²) in [6.45, 7) is 10.0. The van der Waals surface area contributed by atoms with E-state index in [1.165, 1.54) is 0 Å². The van der Waals surface area contributed by atoms with E-state index in [-0.39, 0.29) is 23.7 Å². The lowest BCUT2D eigenvalue weighted by Gasteiger charge is -2.31. The van der Waals surface area contributed by atoms with E-state index in [9.17, 15) is 9.59 Å². The number of ether oxygens (including phenoxy) is 1. The maximum atomic E-state index is 13.0. The smallest absolute Gasteiger partial charge is 0.319 e.